The first-order chi connectivity index (χ1) is 11.1. The van der Waals surface area contributed by atoms with Crippen LogP contribution in [0.2, 0.25) is 0 Å². The predicted octanol–water partition coefficient (Wildman–Crippen LogP) is 0.533. The molecule has 1 saturated heterocycles. The lowest BCUT2D eigenvalue weighted by Crippen LogP contribution is -2.54. The Kier molecular flexibility index (Phi) is 4.13. The standard InChI is InChI=1S/C17H24O7/c1-4-22-9-10-13-11(18)7-16(3,20)17(21)6-5-15(2,24-17)8-12(13)23-14(10)19/h8,11,18,20-21H,4-7,9H2,1-3H3/b12-8+/t11?,15-,16-,17+/m1/s1. The number of carbonyl (C=O) groups is 1. The van der Waals surface area contributed by atoms with Gasteiger partial charge >= 0.3 is 5.97 Å². The average Bonchev–Trinajstić information content (AvgIpc) is 2.94. The molecule has 24 heavy (non-hydrogen) atoms. The minimum Gasteiger partial charge on any atom is -0.423 e. The van der Waals surface area contributed by atoms with Crippen LogP contribution in [-0.2, 0) is 19.0 Å². The van der Waals surface area contributed by atoms with Crippen LogP contribution in [0.1, 0.15) is 40.0 Å². The first kappa shape index (κ1) is 17.6. The Balaban J connectivity index is 2.10. The van der Waals surface area contributed by atoms with Gasteiger partial charge in [0.2, 0.25) is 0 Å². The Morgan fingerprint density at radius 2 is 2.04 bits per heavy atom. The first-order valence-electron chi connectivity index (χ1n) is 8.20. The van der Waals surface area contributed by atoms with E-state index in [0.29, 0.717) is 18.6 Å². The van der Waals surface area contributed by atoms with E-state index >= 15 is 0 Å². The van der Waals surface area contributed by atoms with E-state index in [9.17, 15) is 20.1 Å². The van der Waals surface area contributed by atoms with Gasteiger partial charge in [-0.3, -0.25) is 0 Å². The number of fused-ring (bicyclic) bond motifs is 3. The number of rotatable bonds is 3. The zero-order valence-corrected chi connectivity index (χ0v) is 14.2. The summed E-state index contributed by atoms with van der Waals surface area (Å²) in [6.45, 7) is 5.40. The highest BCUT2D eigenvalue weighted by Gasteiger charge is 2.58. The summed E-state index contributed by atoms with van der Waals surface area (Å²) >= 11 is 0. The average molecular weight is 340 g/mol. The molecule has 2 bridgehead atoms. The molecule has 0 saturated carbocycles. The van der Waals surface area contributed by atoms with Gasteiger partial charge in [-0.05, 0) is 33.3 Å². The Morgan fingerprint density at radius 3 is 2.71 bits per heavy atom. The van der Waals surface area contributed by atoms with Crippen molar-refractivity contribution in [2.75, 3.05) is 13.2 Å². The largest absolute Gasteiger partial charge is 0.423 e. The number of aliphatic hydroxyl groups excluding tert-OH is 1. The van der Waals surface area contributed by atoms with E-state index in [0.717, 1.165) is 0 Å². The second-order valence-electron chi connectivity index (χ2n) is 7.12. The summed E-state index contributed by atoms with van der Waals surface area (Å²) in [5, 5.41) is 32.1. The second-order valence-corrected chi connectivity index (χ2v) is 7.12. The highest BCUT2D eigenvalue weighted by Crippen LogP contribution is 2.48. The number of ether oxygens (including phenoxy) is 3. The zero-order chi connectivity index (χ0) is 17.8. The van der Waals surface area contributed by atoms with Crippen LogP contribution in [0.15, 0.2) is 23.0 Å². The van der Waals surface area contributed by atoms with Crippen molar-refractivity contribution in [2.45, 2.75) is 63.1 Å². The van der Waals surface area contributed by atoms with Gasteiger partial charge in [0.05, 0.1) is 23.9 Å². The molecule has 7 heteroatoms. The van der Waals surface area contributed by atoms with Crippen LogP contribution in [0, 0.1) is 0 Å². The molecule has 0 spiro atoms. The number of hydrogen-bond donors (Lipinski definition) is 3. The molecule has 3 heterocycles. The monoisotopic (exact) mass is 340 g/mol. The third-order valence-electron chi connectivity index (χ3n) is 5.05. The SMILES string of the molecule is CCOCC1=C2/C(=C\[C@@]3(C)CC[C@](O)(O3)[C@](C)(O)CC2O)OC1=O. The Hall–Kier alpha value is -1.25. The quantitative estimate of drug-likeness (QED) is 0.644. The van der Waals surface area contributed by atoms with Crippen molar-refractivity contribution in [3.8, 4) is 0 Å². The van der Waals surface area contributed by atoms with Crippen LogP contribution in [-0.4, -0.2) is 57.6 Å². The summed E-state index contributed by atoms with van der Waals surface area (Å²) in [5.41, 5.74) is -2.07. The molecule has 1 fully saturated rings. The molecule has 0 radical (unpaired) electrons. The molecule has 0 aromatic heterocycles. The van der Waals surface area contributed by atoms with E-state index in [-0.39, 0.29) is 30.8 Å². The molecule has 3 aliphatic rings. The summed E-state index contributed by atoms with van der Waals surface area (Å²) in [5.74, 6) is -2.13. The van der Waals surface area contributed by atoms with E-state index < -0.39 is 29.1 Å². The molecule has 1 unspecified atom stereocenters. The van der Waals surface area contributed by atoms with Crippen LogP contribution in [0.3, 0.4) is 0 Å². The van der Waals surface area contributed by atoms with Crippen molar-refractivity contribution in [3.05, 3.63) is 23.0 Å². The summed E-state index contributed by atoms with van der Waals surface area (Å²) < 4.78 is 16.4. The third kappa shape index (κ3) is 2.70. The lowest BCUT2D eigenvalue weighted by atomic mass is 9.82. The lowest BCUT2D eigenvalue weighted by Gasteiger charge is -2.39. The number of hydrogen-bond acceptors (Lipinski definition) is 7. The van der Waals surface area contributed by atoms with Crippen LogP contribution in [0.25, 0.3) is 0 Å². The summed E-state index contributed by atoms with van der Waals surface area (Å²) in [7, 11) is 0. The van der Waals surface area contributed by atoms with Gasteiger partial charge in [0, 0.05) is 25.0 Å². The van der Waals surface area contributed by atoms with Gasteiger partial charge in [0.25, 0.3) is 0 Å². The maximum atomic E-state index is 12.2. The number of carbonyl (C=O) groups excluding carboxylic acids is 1. The van der Waals surface area contributed by atoms with E-state index in [2.05, 4.69) is 0 Å². The fourth-order valence-electron chi connectivity index (χ4n) is 3.59. The van der Waals surface area contributed by atoms with Crippen LogP contribution in [0.4, 0.5) is 0 Å². The molecule has 3 rings (SSSR count). The molecule has 134 valence electrons. The van der Waals surface area contributed by atoms with Crippen molar-refractivity contribution < 1.29 is 34.3 Å². The number of esters is 1. The molecule has 0 aliphatic carbocycles. The van der Waals surface area contributed by atoms with Crippen LogP contribution >= 0.6 is 0 Å². The van der Waals surface area contributed by atoms with Gasteiger partial charge in [-0.25, -0.2) is 4.79 Å². The Labute approximate surface area is 140 Å². The molecule has 7 nitrogen and oxygen atoms in total. The van der Waals surface area contributed by atoms with Crippen molar-refractivity contribution in [1.82, 2.24) is 0 Å². The van der Waals surface area contributed by atoms with Crippen molar-refractivity contribution in [2.24, 2.45) is 0 Å². The van der Waals surface area contributed by atoms with E-state index in [4.69, 9.17) is 14.2 Å². The fourth-order valence-corrected chi connectivity index (χ4v) is 3.59. The van der Waals surface area contributed by atoms with Crippen molar-refractivity contribution in [1.29, 1.82) is 0 Å². The van der Waals surface area contributed by atoms with Gasteiger partial charge < -0.3 is 29.5 Å². The minimum absolute atomic E-state index is 0.0169. The smallest absolute Gasteiger partial charge is 0.342 e. The van der Waals surface area contributed by atoms with Gasteiger partial charge in [-0.2, -0.15) is 0 Å². The topological polar surface area (TPSA) is 105 Å². The molecule has 0 aromatic rings. The number of aliphatic hydroxyl groups is 3. The van der Waals surface area contributed by atoms with E-state index in [1.165, 1.54) is 6.92 Å². The minimum atomic E-state index is -1.77. The summed E-state index contributed by atoms with van der Waals surface area (Å²) in [6, 6.07) is 0. The maximum absolute atomic E-state index is 12.2. The predicted molar refractivity (Wildman–Crippen MR) is 82.6 cm³/mol. The molecule has 3 N–H and O–H groups in total. The molecular weight excluding hydrogens is 316 g/mol. The van der Waals surface area contributed by atoms with Crippen LogP contribution < -0.4 is 0 Å². The van der Waals surface area contributed by atoms with Gasteiger partial charge in [-0.1, -0.05) is 0 Å². The Morgan fingerprint density at radius 1 is 1.33 bits per heavy atom. The van der Waals surface area contributed by atoms with E-state index in [1.807, 2.05) is 0 Å². The van der Waals surface area contributed by atoms with E-state index in [1.54, 1.807) is 19.9 Å². The molecular formula is C17H24O7. The second kappa shape index (κ2) is 5.64. The maximum Gasteiger partial charge on any atom is 0.342 e. The van der Waals surface area contributed by atoms with Gasteiger partial charge in [-0.15, -0.1) is 0 Å². The highest BCUT2D eigenvalue weighted by molar-refractivity contribution is 5.95. The zero-order valence-electron chi connectivity index (χ0n) is 14.2. The summed E-state index contributed by atoms with van der Waals surface area (Å²) in [6.07, 6.45) is 0.875. The molecule has 4 atom stereocenters. The molecule has 0 amide bonds. The molecule has 0 aromatic carbocycles. The van der Waals surface area contributed by atoms with Crippen molar-refractivity contribution >= 4 is 5.97 Å². The Bertz CT molecular complexity index is 620. The van der Waals surface area contributed by atoms with Crippen LogP contribution in [0.5, 0.6) is 0 Å². The first-order valence-corrected chi connectivity index (χ1v) is 8.20. The van der Waals surface area contributed by atoms with Crippen molar-refractivity contribution in [3.63, 3.8) is 0 Å². The fraction of sp³-hybridized carbons (Fsp3) is 0.706. The normalized spacial score (nSPS) is 44.3. The molecule has 3 aliphatic heterocycles. The summed E-state index contributed by atoms with van der Waals surface area (Å²) in [4.78, 5) is 12.2. The lowest BCUT2D eigenvalue weighted by molar-refractivity contribution is -0.297. The third-order valence-corrected chi connectivity index (χ3v) is 5.05. The highest BCUT2D eigenvalue weighted by atomic mass is 16.7. The van der Waals surface area contributed by atoms with Gasteiger partial charge in [0.15, 0.2) is 5.79 Å². The van der Waals surface area contributed by atoms with Gasteiger partial charge in [0.1, 0.15) is 11.4 Å².